The second-order valence-electron chi connectivity index (χ2n) is 4.51. The van der Waals surface area contributed by atoms with Gasteiger partial charge in [-0.25, -0.2) is 0 Å². The largest absolute Gasteiger partial charge is 0.508 e. The van der Waals surface area contributed by atoms with Crippen molar-refractivity contribution >= 4 is 12.0 Å². The molecule has 20 heavy (non-hydrogen) atoms. The van der Waals surface area contributed by atoms with Crippen LogP contribution in [-0.4, -0.2) is 17.6 Å². The van der Waals surface area contributed by atoms with Crippen LogP contribution in [0.15, 0.2) is 54.6 Å². The van der Waals surface area contributed by atoms with Gasteiger partial charge in [0.25, 0.3) is 0 Å². The molecule has 2 aromatic rings. The van der Waals surface area contributed by atoms with Gasteiger partial charge in [-0.3, -0.25) is 4.79 Å². The van der Waals surface area contributed by atoms with Gasteiger partial charge < -0.3 is 10.4 Å². The number of phenols is 1. The predicted octanol–water partition coefficient (Wildman–Crippen LogP) is 3.21. The summed E-state index contributed by atoms with van der Waals surface area (Å²) in [6.45, 7) is 2.04. The highest BCUT2D eigenvalue weighted by Gasteiger charge is 1.97. The molecule has 2 N–H and O–H groups in total. The van der Waals surface area contributed by atoms with E-state index in [4.69, 9.17) is 0 Å². The molecule has 0 aliphatic heterocycles. The highest BCUT2D eigenvalue weighted by atomic mass is 16.3. The average Bonchev–Trinajstić information content (AvgIpc) is 2.45. The fraction of sp³-hybridized carbons (Fsp3) is 0.118. The van der Waals surface area contributed by atoms with Gasteiger partial charge in [-0.1, -0.05) is 48.6 Å². The molecular formula is C17H17NO2. The molecule has 0 saturated heterocycles. The van der Waals surface area contributed by atoms with E-state index >= 15 is 0 Å². The minimum atomic E-state index is -0.0303. The van der Waals surface area contributed by atoms with Crippen LogP contribution in [0.5, 0.6) is 5.75 Å². The molecule has 1 amide bonds. The monoisotopic (exact) mass is 267 g/mol. The zero-order valence-electron chi connectivity index (χ0n) is 11.3. The second-order valence-corrected chi connectivity index (χ2v) is 4.51. The Hall–Kier alpha value is -2.55. The van der Waals surface area contributed by atoms with Crippen LogP contribution in [-0.2, 0) is 4.79 Å². The minimum absolute atomic E-state index is 0.0303. The first kappa shape index (κ1) is 13.9. The fourth-order valence-corrected chi connectivity index (χ4v) is 1.84. The first-order valence-corrected chi connectivity index (χ1v) is 6.45. The number of rotatable bonds is 4. The van der Waals surface area contributed by atoms with Crippen molar-refractivity contribution < 1.29 is 9.90 Å². The smallest absolute Gasteiger partial charge is 0.217 e. The minimum Gasteiger partial charge on any atom is -0.508 e. The van der Waals surface area contributed by atoms with Gasteiger partial charge in [-0.15, -0.1) is 0 Å². The summed E-state index contributed by atoms with van der Waals surface area (Å²) in [6, 6.07) is 15.2. The Morgan fingerprint density at radius 3 is 2.15 bits per heavy atom. The predicted molar refractivity (Wildman–Crippen MR) is 81.3 cm³/mol. The van der Waals surface area contributed by atoms with Gasteiger partial charge in [0.2, 0.25) is 5.91 Å². The van der Waals surface area contributed by atoms with E-state index in [1.807, 2.05) is 48.6 Å². The van der Waals surface area contributed by atoms with E-state index in [2.05, 4.69) is 5.32 Å². The molecule has 0 spiro atoms. The maximum atomic E-state index is 10.7. The topological polar surface area (TPSA) is 49.3 Å². The van der Waals surface area contributed by atoms with Crippen molar-refractivity contribution in [1.82, 2.24) is 5.32 Å². The Kier molecular flexibility index (Phi) is 4.56. The van der Waals surface area contributed by atoms with Gasteiger partial charge >= 0.3 is 0 Å². The SMILES string of the molecule is CC(=O)NCC=Cc1ccc(-c2ccc(O)cc2)cc1. The van der Waals surface area contributed by atoms with Gasteiger partial charge in [0.15, 0.2) is 0 Å². The molecule has 3 nitrogen and oxygen atoms in total. The lowest BCUT2D eigenvalue weighted by molar-refractivity contribution is -0.118. The number of hydrogen-bond acceptors (Lipinski definition) is 2. The summed E-state index contributed by atoms with van der Waals surface area (Å²) < 4.78 is 0. The molecular weight excluding hydrogens is 250 g/mol. The van der Waals surface area contributed by atoms with Gasteiger partial charge in [-0.05, 0) is 28.8 Å². The van der Waals surface area contributed by atoms with Crippen molar-refractivity contribution in [2.24, 2.45) is 0 Å². The molecule has 3 heteroatoms. The summed E-state index contributed by atoms with van der Waals surface area (Å²) in [5.41, 5.74) is 3.25. The summed E-state index contributed by atoms with van der Waals surface area (Å²) in [5.74, 6) is 0.239. The number of amides is 1. The maximum absolute atomic E-state index is 10.7. The Balaban J connectivity index is 2.02. The molecule has 0 aromatic heterocycles. The van der Waals surface area contributed by atoms with Crippen LogP contribution in [0.4, 0.5) is 0 Å². The molecule has 0 heterocycles. The molecule has 0 aliphatic rings. The summed E-state index contributed by atoms with van der Waals surface area (Å²) >= 11 is 0. The molecule has 0 unspecified atom stereocenters. The zero-order chi connectivity index (χ0) is 14.4. The third-order valence-corrected chi connectivity index (χ3v) is 2.89. The van der Waals surface area contributed by atoms with Crippen LogP contribution >= 0.6 is 0 Å². The summed E-state index contributed by atoms with van der Waals surface area (Å²) in [4.78, 5) is 10.7. The molecule has 0 aliphatic carbocycles. The van der Waals surface area contributed by atoms with Gasteiger partial charge in [0, 0.05) is 13.5 Å². The standard InChI is InChI=1S/C17H17NO2/c1-13(19)18-12-2-3-14-4-6-15(7-5-14)16-8-10-17(20)11-9-16/h2-11,20H,12H2,1H3,(H,18,19). The number of carbonyl (C=O) groups is 1. The molecule has 0 bridgehead atoms. The van der Waals surface area contributed by atoms with Crippen molar-refractivity contribution in [2.45, 2.75) is 6.92 Å². The van der Waals surface area contributed by atoms with Crippen LogP contribution in [0.1, 0.15) is 12.5 Å². The first-order valence-electron chi connectivity index (χ1n) is 6.45. The van der Waals surface area contributed by atoms with Crippen LogP contribution in [0, 0.1) is 0 Å². The second kappa shape index (κ2) is 6.57. The van der Waals surface area contributed by atoms with Gasteiger partial charge in [0.05, 0.1) is 0 Å². The highest BCUT2D eigenvalue weighted by Crippen LogP contribution is 2.22. The number of phenolic OH excluding ortho intramolecular Hbond substituents is 1. The van der Waals surface area contributed by atoms with E-state index in [9.17, 15) is 9.90 Å². The van der Waals surface area contributed by atoms with Crippen molar-refractivity contribution in [3.05, 3.63) is 60.2 Å². The van der Waals surface area contributed by atoms with E-state index in [1.165, 1.54) is 6.92 Å². The number of nitrogens with one attached hydrogen (secondary N) is 1. The van der Waals surface area contributed by atoms with E-state index in [-0.39, 0.29) is 11.7 Å². The van der Waals surface area contributed by atoms with Crippen LogP contribution < -0.4 is 5.32 Å². The Morgan fingerprint density at radius 2 is 1.60 bits per heavy atom. The molecule has 102 valence electrons. The molecule has 0 radical (unpaired) electrons. The lowest BCUT2D eigenvalue weighted by Gasteiger charge is -2.02. The Bertz CT molecular complexity index is 598. The van der Waals surface area contributed by atoms with E-state index in [0.29, 0.717) is 6.54 Å². The number of carbonyl (C=O) groups excluding carboxylic acids is 1. The van der Waals surface area contributed by atoms with Crippen molar-refractivity contribution in [1.29, 1.82) is 0 Å². The zero-order valence-corrected chi connectivity index (χ0v) is 11.3. The molecule has 0 saturated carbocycles. The molecule has 2 rings (SSSR count). The third-order valence-electron chi connectivity index (χ3n) is 2.89. The molecule has 0 atom stereocenters. The van der Waals surface area contributed by atoms with Crippen molar-refractivity contribution in [2.75, 3.05) is 6.54 Å². The van der Waals surface area contributed by atoms with Gasteiger partial charge in [-0.2, -0.15) is 0 Å². The summed E-state index contributed by atoms with van der Waals surface area (Å²) in [6.07, 6.45) is 3.88. The van der Waals surface area contributed by atoms with Crippen LogP contribution in [0.3, 0.4) is 0 Å². The average molecular weight is 267 g/mol. The Morgan fingerprint density at radius 1 is 1.05 bits per heavy atom. The van der Waals surface area contributed by atoms with Crippen molar-refractivity contribution in [3.8, 4) is 16.9 Å². The fourth-order valence-electron chi connectivity index (χ4n) is 1.84. The normalized spacial score (nSPS) is 10.7. The lowest BCUT2D eigenvalue weighted by atomic mass is 10.0. The number of hydrogen-bond donors (Lipinski definition) is 2. The molecule has 2 aromatic carbocycles. The third kappa shape index (κ3) is 3.99. The van der Waals surface area contributed by atoms with E-state index < -0.39 is 0 Å². The van der Waals surface area contributed by atoms with Gasteiger partial charge in [0.1, 0.15) is 5.75 Å². The first-order chi connectivity index (χ1) is 9.65. The molecule has 0 fully saturated rings. The van der Waals surface area contributed by atoms with E-state index in [1.54, 1.807) is 12.1 Å². The lowest BCUT2D eigenvalue weighted by Crippen LogP contribution is -2.19. The number of aromatic hydroxyl groups is 1. The van der Waals surface area contributed by atoms with Crippen molar-refractivity contribution in [3.63, 3.8) is 0 Å². The Labute approximate surface area is 118 Å². The number of benzene rings is 2. The van der Waals surface area contributed by atoms with E-state index in [0.717, 1.165) is 16.7 Å². The summed E-state index contributed by atoms with van der Waals surface area (Å²) in [7, 11) is 0. The van der Waals surface area contributed by atoms with Crippen LogP contribution in [0.2, 0.25) is 0 Å². The highest BCUT2D eigenvalue weighted by molar-refractivity contribution is 5.73. The quantitative estimate of drug-likeness (QED) is 0.893. The maximum Gasteiger partial charge on any atom is 0.217 e. The van der Waals surface area contributed by atoms with Crippen LogP contribution in [0.25, 0.3) is 17.2 Å². The summed E-state index contributed by atoms with van der Waals surface area (Å²) in [5, 5.41) is 12.0.